The summed E-state index contributed by atoms with van der Waals surface area (Å²) in [6, 6.07) is 5.14. The summed E-state index contributed by atoms with van der Waals surface area (Å²) < 4.78 is 27.0. The molecule has 1 heterocycles. The van der Waals surface area contributed by atoms with Crippen LogP contribution in [0.5, 0.6) is 0 Å². The maximum Gasteiger partial charge on any atom is 0.317 e. The molecule has 1 aromatic rings. The van der Waals surface area contributed by atoms with Crippen molar-refractivity contribution < 1.29 is 13.2 Å². The van der Waals surface area contributed by atoms with Gasteiger partial charge in [0, 0.05) is 32.7 Å². The second-order valence-corrected chi connectivity index (χ2v) is 7.54. The SMILES string of the molecule is C=CCNC(=O)N1CCN(S(=O)(=O)c2ccc(C)cc2C)CC1. The van der Waals surface area contributed by atoms with E-state index in [1.807, 2.05) is 13.0 Å². The molecule has 0 atom stereocenters. The van der Waals surface area contributed by atoms with E-state index in [2.05, 4.69) is 11.9 Å². The molecule has 1 fully saturated rings. The zero-order valence-electron chi connectivity index (χ0n) is 13.6. The minimum atomic E-state index is -3.52. The number of piperazine rings is 1. The number of aryl methyl sites for hydroxylation is 2. The first-order valence-electron chi connectivity index (χ1n) is 7.57. The van der Waals surface area contributed by atoms with Crippen molar-refractivity contribution in [1.82, 2.24) is 14.5 Å². The van der Waals surface area contributed by atoms with Gasteiger partial charge in [0.15, 0.2) is 0 Å². The van der Waals surface area contributed by atoms with Crippen molar-refractivity contribution in [3.8, 4) is 0 Å². The quantitative estimate of drug-likeness (QED) is 0.847. The molecule has 0 unspecified atom stereocenters. The third-order valence-corrected chi connectivity index (χ3v) is 5.93. The highest BCUT2D eigenvalue weighted by Gasteiger charge is 2.30. The van der Waals surface area contributed by atoms with Crippen LogP contribution in [0, 0.1) is 13.8 Å². The predicted octanol–water partition coefficient (Wildman–Crippen LogP) is 1.51. The average molecular weight is 337 g/mol. The molecule has 1 N–H and O–H groups in total. The minimum Gasteiger partial charge on any atom is -0.335 e. The summed E-state index contributed by atoms with van der Waals surface area (Å²) in [6.07, 6.45) is 1.61. The topological polar surface area (TPSA) is 69.7 Å². The number of amides is 2. The molecule has 126 valence electrons. The fourth-order valence-corrected chi connectivity index (χ4v) is 4.26. The maximum absolute atomic E-state index is 12.8. The van der Waals surface area contributed by atoms with Gasteiger partial charge in [-0.25, -0.2) is 13.2 Å². The number of nitrogens with one attached hydrogen (secondary N) is 1. The Hall–Kier alpha value is -1.86. The van der Waals surface area contributed by atoms with E-state index < -0.39 is 10.0 Å². The Morgan fingerprint density at radius 3 is 2.48 bits per heavy atom. The summed E-state index contributed by atoms with van der Waals surface area (Å²) in [5, 5.41) is 2.70. The van der Waals surface area contributed by atoms with Crippen molar-refractivity contribution >= 4 is 16.1 Å². The second-order valence-electron chi connectivity index (χ2n) is 5.63. The van der Waals surface area contributed by atoms with Gasteiger partial charge in [0.2, 0.25) is 10.0 Å². The van der Waals surface area contributed by atoms with Gasteiger partial charge in [0.1, 0.15) is 0 Å². The maximum atomic E-state index is 12.8. The normalized spacial score (nSPS) is 16.2. The molecule has 0 bridgehead atoms. The number of carbonyl (C=O) groups excluding carboxylic acids is 1. The Labute approximate surface area is 137 Å². The van der Waals surface area contributed by atoms with E-state index in [-0.39, 0.29) is 6.03 Å². The van der Waals surface area contributed by atoms with Crippen LogP contribution in [0.2, 0.25) is 0 Å². The Morgan fingerprint density at radius 1 is 1.26 bits per heavy atom. The summed E-state index contributed by atoms with van der Waals surface area (Å²) in [7, 11) is -3.52. The van der Waals surface area contributed by atoms with Crippen LogP contribution >= 0.6 is 0 Å². The fraction of sp³-hybridized carbons (Fsp3) is 0.438. The molecule has 1 aromatic carbocycles. The van der Waals surface area contributed by atoms with Crippen molar-refractivity contribution in [2.24, 2.45) is 0 Å². The van der Waals surface area contributed by atoms with Crippen molar-refractivity contribution in [3.63, 3.8) is 0 Å². The van der Waals surface area contributed by atoms with Gasteiger partial charge in [-0.3, -0.25) is 0 Å². The van der Waals surface area contributed by atoms with E-state index >= 15 is 0 Å². The van der Waals surface area contributed by atoms with Crippen LogP contribution in [-0.4, -0.2) is 56.4 Å². The van der Waals surface area contributed by atoms with Gasteiger partial charge in [-0.15, -0.1) is 6.58 Å². The summed E-state index contributed by atoms with van der Waals surface area (Å²) in [5.41, 5.74) is 1.78. The summed E-state index contributed by atoms with van der Waals surface area (Å²) in [5.74, 6) is 0. The lowest BCUT2D eigenvalue weighted by atomic mass is 10.2. The van der Waals surface area contributed by atoms with Gasteiger partial charge < -0.3 is 10.2 Å². The molecular weight excluding hydrogens is 314 g/mol. The van der Waals surface area contributed by atoms with E-state index in [1.54, 1.807) is 30.0 Å². The number of benzene rings is 1. The highest BCUT2D eigenvalue weighted by Crippen LogP contribution is 2.22. The molecule has 23 heavy (non-hydrogen) atoms. The number of nitrogens with zero attached hydrogens (tertiary/aromatic N) is 2. The Bertz CT molecular complexity index is 693. The standard InChI is InChI=1S/C16H23N3O3S/c1-4-7-17-16(20)18-8-10-19(11-9-18)23(21,22)15-6-5-13(2)12-14(15)3/h4-6,12H,1,7-11H2,2-3H3,(H,17,20). The van der Waals surface area contributed by atoms with Crippen molar-refractivity contribution in [2.45, 2.75) is 18.7 Å². The molecular formula is C16H23N3O3S. The molecule has 0 spiro atoms. The third-order valence-electron chi connectivity index (χ3n) is 3.87. The second kappa shape index (κ2) is 7.14. The number of urea groups is 1. The largest absolute Gasteiger partial charge is 0.335 e. The molecule has 0 saturated carbocycles. The molecule has 6 nitrogen and oxygen atoms in total. The fourth-order valence-electron chi connectivity index (χ4n) is 2.63. The minimum absolute atomic E-state index is 0.187. The lowest BCUT2D eigenvalue weighted by Gasteiger charge is -2.34. The molecule has 0 radical (unpaired) electrons. The van der Waals surface area contributed by atoms with E-state index in [4.69, 9.17) is 0 Å². The number of sulfonamides is 1. The number of hydrogen-bond donors (Lipinski definition) is 1. The van der Waals surface area contributed by atoms with E-state index in [9.17, 15) is 13.2 Å². The third kappa shape index (κ3) is 3.92. The lowest BCUT2D eigenvalue weighted by Crippen LogP contribution is -2.53. The number of carbonyl (C=O) groups is 1. The molecule has 1 saturated heterocycles. The van der Waals surface area contributed by atoms with E-state index in [0.29, 0.717) is 37.6 Å². The zero-order chi connectivity index (χ0) is 17.0. The molecule has 1 aliphatic rings. The predicted molar refractivity (Wildman–Crippen MR) is 89.8 cm³/mol. The van der Waals surface area contributed by atoms with Gasteiger partial charge in [-0.2, -0.15) is 4.31 Å². The molecule has 7 heteroatoms. The highest BCUT2D eigenvalue weighted by atomic mass is 32.2. The first-order valence-corrected chi connectivity index (χ1v) is 9.01. The van der Waals surface area contributed by atoms with Crippen LogP contribution < -0.4 is 5.32 Å². The number of hydrogen-bond acceptors (Lipinski definition) is 3. The molecule has 2 amide bonds. The Morgan fingerprint density at radius 2 is 1.91 bits per heavy atom. The Kier molecular flexibility index (Phi) is 5.43. The summed E-state index contributed by atoms with van der Waals surface area (Å²) >= 11 is 0. The first kappa shape index (κ1) is 17.5. The molecule has 0 aromatic heterocycles. The van der Waals surface area contributed by atoms with E-state index in [0.717, 1.165) is 11.1 Å². The van der Waals surface area contributed by atoms with Gasteiger partial charge in [-0.05, 0) is 25.5 Å². The molecule has 2 rings (SSSR count). The molecule has 0 aliphatic carbocycles. The van der Waals surface area contributed by atoms with Crippen LogP contribution in [0.1, 0.15) is 11.1 Å². The number of rotatable bonds is 4. The van der Waals surface area contributed by atoms with Crippen molar-refractivity contribution in [2.75, 3.05) is 32.7 Å². The van der Waals surface area contributed by atoms with E-state index in [1.165, 1.54) is 4.31 Å². The van der Waals surface area contributed by atoms with Gasteiger partial charge in [0.25, 0.3) is 0 Å². The zero-order valence-corrected chi connectivity index (χ0v) is 14.4. The highest BCUT2D eigenvalue weighted by molar-refractivity contribution is 7.89. The van der Waals surface area contributed by atoms with Crippen LogP contribution in [-0.2, 0) is 10.0 Å². The van der Waals surface area contributed by atoms with Crippen LogP contribution in [0.3, 0.4) is 0 Å². The summed E-state index contributed by atoms with van der Waals surface area (Å²) in [4.78, 5) is 13.8. The lowest BCUT2D eigenvalue weighted by molar-refractivity contribution is 0.173. The van der Waals surface area contributed by atoms with Crippen LogP contribution in [0.25, 0.3) is 0 Å². The Balaban J connectivity index is 2.06. The van der Waals surface area contributed by atoms with Crippen molar-refractivity contribution in [3.05, 3.63) is 42.0 Å². The monoisotopic (exact) mass is 337 g/mol. The molecule has 1 aliphatic heterocycles. The smallest absolute Gasteiger partial charge is 0.317 e. The first-order chi connectivity index (χ1) is 10.9. The van der Waals surface area contributed by atoms with Crippen LogP contribution in [0.15, 0.2) is 35.7 Å². The van der Waals surface area contributed by atoms with Crippen molar-refractivity contribution in [1.29, 1.82) is 0 Å². The van der Waals surface area contributed by atoms with Crippen LogP contribution in [0.4, 0.5) is 4.79 Å². The average Bonchev–Trinajstić information content (AvgIpc) is 2.52. The van der Waals surface area contributed by atoms with Gasteiger partial charge >= 0.3 is 6.03 Å². The summed E-state index contributed by atoms with van der Waals surface area (Å²) in [6.45, 7) is 9.06. The van der Waals surface area contributed by atoms with Gasteiger partial charge in [0.05, 0.1) is 4.90 Å². The van der Waals surface area contributed by atoms with Gasteiger partial charge in [-0.1, -0.05) is 23.8 Å².